The maximum absolute atomic E-state index is 2.34. The molecule has 0 saturated heterocycles. The summed E-state index contributed by atoms with van der Waals surface area (Å²) in [4.78, 5) is 0. The van der Waals surface area contributed by atoms with Crippen molar-refractivity contribution in [2.45, 2.75) is 26.3 Å². The van der Waals surface area contributed by atoms with Gasteiger partial charge in [0.25, 0.3) is 0 Å². The molecule has 0 saturated carbocycles. The molecular formula is C15H18BrN. The van der Waals surface area contributed by atoms with Crippen LogP contribution in [0, 0.1) is 0 Å². The highest BCUT2D eigenvalue weighted by Crippen LogP contribution is 2.00. The van der Waals surface area contributed by atoms with Crippen LogP contribution in [0.3, 0.4) is 0 Å². The minimum absolute atomic E-state index is 0. The molecule has 1 aromatic carbocycles. The van der Waals surface area contributed by atoms with Crippen molar-refractivity contribution in [2.24, 2.45) is 0 Å². The lowest BCUT2D eigenvalue weighted by molar-refractivity contribution is -0.703. The van der Waals surface area contributed by atoms with Crippen molar-refractivity contribution in [3.8, 4) is 0 Å². The van der Waals surface area contributed by atoms with Crippen molar-refractivity contribution >= 4 is 0 Å². The maximum atomic E-state index is 2.34. The van der Waals surface area contributed by atoms with Crippen LogP contribution in [-0.4, -0.2) is 0 Å². The van der Waals surface area contributed by atoms with E-state index in [0.29, 0.717) is 0 Å². The fraction of sp³-hybridized carbons (Fsp3) is 0.267. The zero-order valence-corrected chi connectivity index (χ0v) is 11.7. The van der Waals surface area contributed by atoms with Gasteiger partial charge in [-0.15, -0.1) is 0 Å². The van der Waals surface area contributed by atoms with Gasteiger partial charge in [-0.25, -0.2) is 4.57 Å². The molecule has 0 atom stereocenters. The van der Waals surface area contributed by atoms with Crippen LogP contribution in [0.2, 0.25) is 0 Å². The number of pyridine rings is 1. The second-order valence-corrected chi connectivity index (χ2v) is 3.97. The molecule has 0 spiro atoms. The van der Waals surface area contributed by atoms with Crippen LogP contribution in [0.25, 0.3) is 0 Å². The third-order valence-electron chi connectivity index (χ3n) is 2.88. The van der Waals surface area contributed by atoms with E-state index in [0.717, 1.165) is 19.4 Å². The lowest BCUT2D eigenvalue weighted by atomic mass is 10.1. The van der Waals surface area contributed by atoms with E-state index >= 15 is 0 Å². The molecule has 2 rings (SSSR count). The van der Waals surface area contributed by atoms with Crippen molar-refractivity contribution < 1.29 is 21.5 Å². The quantitative estimate of drug-likeness (QED) is 0.686. The summed E-state index contributed by atoms with van der Waals surface area (Å²) >= 11 is 0. The molecule has 0 fully saturated rings. The molecule has 0 bridgehead atoms. The molecule has 17 heavy (non-hydrogen) atoms. The summed E-state index contributed by atoms with van der Waals surface area (Å²) in [6.07, 6.45) is 4.36. The third-order valence-corrected chi connectivity index (χ3v) is 2.88. The van der Waals surface area contributed by atoms with E-state index in [9.17, 15) is 0 Å². The van der Waals surface area contributed by atoms with Gasteiger partial charge in [-0.2, -0.15) is 0 Å². The van der Waals surface area contributed by atoms with E-state index < -0.39 is 0 Å². The summed E-state index contributed by atoms with van der Waals surface area (Å²) in [6.45, 7) is 3.27. The van der Waals surface area contributed by atoms with E-state index in [1.165, 1.54) is 11.3 Å². The summed E-state index contributed by atoms with van der Waals surface area (Å²) in [5.41, 5.74) is 2.80. The molecule has 0 N–H and O–H groups in total. The Hall–Kier alpha value is -1.15. The van der Waals surface area contributed by atoms with Crippen molar-refractivity contribution in [3.63, 3.8) is 0 Å². The molecule has 0 amide bonds. The fourth-order valence-corrected chi connectivity index (χ4v) is 1.94. The molecule has 90 valence electrons. The largest absolute Gasteiger partial charge is 1.00 e. The zero-order valence-electron chi connectivity index (χ0n) is 10.1. The highest BCUT2D eigenvalue weighted by molar-refractivity contribution is 5.14. The van der Waals surface area contributed by atoms with E-state index in [1.54, 1.807) is 0 Å². The van der Waals surface area contributed by atoms with Gasteiger partial charge in [0, 0.05) is 25.0 Å². The number of aromatic nitrogens is 1. The van der Waals surface area contributed by atoms with Gasteiger partial charge >= 0.3 is 0 Å². The Morgan fingerprint density at radius 3 is 2.35 bits per heavy atom. The molecule has 0 aliphatic carbocycles. The maximum Gasteiger partial charge on any atom is 0.181 e. The summed E-state index contributed by atoms with van der Waals surface area (Å²) < 4.78 is 2.34. The van der Waals surface area contributed by atoms with Gasteiger partial charge in [0.1, 0.15) is 0 Å². The molecule has 0 radical (unpaired) electrons. The molecule has 2 aromatic rings. The molecule has 0 aliphatic rings. The van der Waals surface area contributed by atoms with E-state index in [4.69, 9.17) is 0 Å². The Morgan fingerprint density at radius 2 is 1.65 bits per heavy atom. The summed E-state index contributed by atoms with van der Waals surface area (Å²) in [5, 5.41) is 0. The van der Waals surface area contributed by atoms with Crippen molar-refractivity contribution in [3.05, 3.63) is 66.0 Å². The first-order valence-electron chi connectivity index (χ1n) is 5.91. The van der Waals surface area contributed by atoms with Gasteiger partial charge in [-0.3, -0.25) is 0 Å². The number of nitrogens with zero attached hydrogens (tertiary/aromatic N) is 1. The van der Waals surface area contributed by atoms with E-state index in [2.05, 4.69) is 66.2 Å². The first-order chi connectivity index (χ1) is 7.90. The van der Waals surface area contributed by atoms with Gasteiger partial charge in [-0.05, 0) is 5.56 Å². The van der Waals surface area contributed by atoms with E-state index in [1.807, 2.05) is 0 Å². The number of hydrogen-bond acceptors (Lipinski definition) is 0. The predicted octanol–water partition coefficient (Wildman–Crippen LogP) is -0.217. The fourth-order valence-electron chi connectivity index (χ4n) is 1.94. The lowest BCUT2D eigenvalue weighted by Gasteiger charge is -2.02. The molecule has 1 aromatic heterocycles. The molecule has 1 nitrogen and oxygen atoms in total. The highest BCUT2D eigenvalue weighted by atomic mass is 79.9. The van der Waals surface area contributed by atoms with Gasteiger partial charge in [-0.1, -0.05) is 43.3 Å². The normalized spacial score (nSPS) is 9.71. The van der Waals surface area contributed by atoms with Gasteiger partial charge in [0.2, 0.25) is 0 Å². The van der Waals surface area contributed by atoms with Crippen LogP contribution in [0.15, 0.2) is 54.7 Å². The Labute approximate surface area is 114 Å². The second-order valence-electron chi connectivity index (χ2n) is 3.97. The monoisotopic (exact) mass is 291 g/mol. The van der Waals surface area contributed by atoms with Crippen LogP contribution in [-0.2, 0) is 19.4 Å². The molecule has 0 aliphatic heterocycles. The van der Waals surface area contributed by atoms with Gasteiger partial charge in [0.05, 0.1) is 0 Å². The molecule has 2 heteroatoms. The first-order valence-corrected chi connectivity index (χ1v) is 5.91. The minimum atomic E-state index is 0. The number of aryl methyl sites for hydroxylation is 3. The number of benzene rings is 1. The number of halogens is 1. The smallest absolute Gasteiger partial charge is 0.181 e. The first kappa shape index (κ1) is 13.9. The standard InChI is InChI=1S/C15H18N.BrH/c1-2-15-10-6-7-12-16(15)13-11-14-8-4-3-5-9-14;/h3-10,12H,2,11,13H2,1H3;1H/q+1;/p-1. The van der Waals surface area contributed by atoms with Crippen molar-refractivity contribution in [2.75, 3.05) is 0 Å². The molecule has 0 unspecified atom stereocenters. The van der Waals surface area contributed by atoms with Crippen molar-refractivity contribution in [1.82, 2.24) is 0 Å². The number of hydrogen-bond donors (Lipinski definition) is 0. The predicted molar refractivity (Wildman–Crippen MR) is 66.2 cm³/mol. The van der Waals surface area contributed by atoms with Crippen LogP contribution >= 0.6 is 0 Å². The van der Waals surface area contributed by atoms with Crippen LogP contribution in [0.1, 0.15) is 18.2 Å². The Balaban J connectivity index is 0.00000144. The third kappa shape index (κ3) is 3.97. The zero-order chi connectivity index (χ0) is 11.2. The Kier molecular flexibility index (Phi) is 5.92. The molecule has 1 heterocycles. The number of rotatable bonds is 4. The second kappa shape index (κ2) is 7.23. The Morgan fingerprint density at radius 1 is 0.941 bits per heavy atom. The summed E-state index contributed by atoms with van der Waals surface area (Å²) in [6, 6.07) is 17.1. The van der Waals surface area contributed by atoms with Gasteiger partial charge in [0.15, 0.2) is 18.4 Å². The average molecular weight is 292 g/mol. The molecular weight excluding hydrogens is 274 g/mol. The Bertz CT molecular complexity index is 440. The van der Waals surface area contributed by atoms with Crippen LogP contribution < -0.4 is 21.5 Å². The highest BCUT2D eigenvalue weighted by Gasteiger charge is 2.06. The lowest BCUT2D eigenvalue weighted by Crippen LogP contribution is -3.00. The van der Waals surface area contributed by atoms with Crippen molar-refractivity contribution in [1.29, 1.82) is 0 Å². The average Bonchev–Trinajstić information content (AvgIpc) is 2.38. The summed E-state index contributed by atoms with van der Waals surface area (Å²) in [5.74, 6) is 0. The SMILES string of the molecule is CCc1cccc[n+]1CCc1ccccc1.[Br-]. The summed E-state index contributed by atoms with van der Waals surface area (Å²) in [7, 11) is 0. The van der Waals surface area contributed by atoms with Gasteiger partial charge < -0.3 is 17.0 Å². The topological polar surface area (TPSA) is 3.88 Å². The van der Waals surface area contributed by atoms with E-state index in [-0.39, 0.29) is 17.0 Å². The van der Waals surface area contributed by atoms with Crippen LogP contribution in [0.4, 0.5) is 0 Å². The van der Waals surface area contributed by atoms with Crippen LogP contribution in [0.5, 0.6) is 0 Å². The minimum Gasteiger partial charge on any atom is -1.00 e.